The molecule has 118 valence electrons. The Morgan fingerprint density at radius 3 is 2.08 bits per heavy atom. The van der Waals surface area contributed by atoms with Gasteiger partial charge < -0.3 is 4.74 Å². The molecule has 0 radical (unpaired) electrons. The maximum absolute atomic E-state index is 5.48. The summed E-state index contributed by atoms with van der Waals surface area (Å²) in [6.07, 6.45) is 0.985. The molecule has 0 fully saturated rings. The standard InChI is InChI=1S/C23H20O/c1-3-18-22-15-17(24-2)13-14-20(22)19-11-7-8-12-21(19)23(18)16-9-5-4-6-10-16/h4-15H,3H2,1-2H3. The molecule has 1 heteroatoms. The lowest BCUT2D eigenvalue weighted by Crippen LogP contribution is -1.94. The van der Waals surface area contributed by atoms with Crippen molar-refractivity contribution in [1.82, 2.24) is 0 Å². The van der Waals surface area contributed by atoms with Crippen LogP contribution in [0.25, 0.3) is 32.7 Å². The fourth-order valence-electron chi connectivity index (χ4n) is 3.67. The Hall–Kier alpha value is -2.80. The Morgan fingerprint density at radius 1 is 0.708 bits per heavy atom. The molecular formula is C23H20O. The summed E-state index contributed by atoms with van der Waals surface area (Å²) in [6, 6.07) is 25.8. The van der Waals surface area contributed by atoms with Crippen LogP contribution in [0.2, 0.25) is 0 Å². The van der Waals surface area contributed by atoms with Crippen LogP contribution >= 0.6 is 0 Å². The topological polar surface area (TPSA) is 9.23 Å². The highest BCUT2D eigenvalue weighted by molar-refractivity contribution is 6.16. The van der Waals surface area contributed by atoms with E-state index in [4.69, 9.17) is 4.74 Å². The first-order valence-electron chi connectivity index (χ1n) is 8.40. The van der Waals surface area contributed by atoms with Gasteiger partial charge in [0.1, 0.15) is 5.75 Å². The van der Waals surface area contributed by atoms with Crippen molar-refractivity contribution < 1.29 is 4.74 Å². The van der Waals surface area contributed by atoms with E-state index in [-0.39, 0.29) is 0 Å². The van der Waals surface area contributed by atoms with Crippen LogP contribution in [-0.4, -0.2) is 7.11 Å². The van der Waals surface area contributed by atoms with Crippen molar-refractivity contribution in [2.24, 2.45) is 0 Å². The van der Waals surface area contributed by atoms with E-state index in [9.17, 15) is 0 Å². The van der Waals surface area contributed by atoms with E-state index in [2.05, 4.69) is 79.7 Å². The van der Waals surface area contributed by atoms with E-state index in [0.717, 1.165) is 12.2 Å². The van der Waals surface area contributed by atoms with Gasteiger partial charge in [0.25, 0.3) is 0 Å². The van der Waals surface area contributed by atoms with Crippen molar-refractivity contribution in [1.29, 1.82) is 0 Å². The Labute approximate surface area is 142 Å². The normalized spacial score (nSPS) is 11.1. The van der Waals surface area contributed by atoms with Gasteiger partial charge in [-0.2, -0.15) is 0 Å². The summed E-state index contributed by atoms with van der Waals surface area (Å²) >= 11 is 0. The molecule has 0 aliphatic rings. The van der Waals surface area contributed by atoms with Gasteiger partial charge in [-0.15, -0.1) is 0 Å². The summed E-state index contributed by atoms with van der Waals surface area (Å²) in [4.78, 5) is 0. The molecule has 0 amide bonds. The number of aryl methyl sites for hydroxylation is 1. The van der Waals surface area contributed by atoms with Gasteiger partial charge in [0, 0.05) is 0 Å². The van der Waals surface area contributed by atoms with Crippen molar-refractivity contribution in [3.05, 3.63) is 78.4 Å². The minimum atomic E-state index is 0.909. The van der Waals surface area contributed by atoms with Crippen LogP contribution in [0.5, 0.6) is 5.75 Å². The lowest BCUT2D eigenvalue weighted by molar-refractivity contribution is 0.415. The van der Waals surface area contributed by atoms with E-state index in [1.165, 1.54) is 38.2 Å². The molecule has 0 aliphatic heterocycles. The Morgan fingerprint density at radius 2 is 1.38 bits per heavy atom. The Bertz CT molecular complexity index is 1020. The van der Waals surface area contributed by atoms with Crippen molar-refractivity contribution >= 4 is 21.5 Å². The third-order valence-electron chi connectivity index (χ3n) is 4.76. The highest BCUT2D eigenvalue weighted by Gasteiger charge is 2.15. The number of hydrogen-bond donors (Lipinski definition) is 0. The van der Waals surface area contributed by atoms with E-state index >= 15 is 0 Å². The highest BCUT2D eigenvalue weighted by atomic mass is 16.5. The monoisotopic (exact) mass is 312 g/mol. The van der Waals surface area contributed by atoms with Crippen LogP contribution in [0.4, 0.5) is 0 Å². The smallest absolute Gasteiger partial charge is 0.119 e. The molecule has 0 spiro atoms. The van der Waals surface area contributed by atoms with Gasteiger partial charge in [-0.1, -0.05) is 67.6 Å². The van der Waals surface area contributed by atoms with E-state index < -0.39 is 0 Å². The molecular weight excluding hydrogens is 292 g/mol. The van der Waals surface area contributed by atoms with Gasteiger partial charge in [0.15, 0.2) is 0 Å². The molecule has 1 nitrogen and oxygen atoms in total. The molecule has 4 aromatic carbocycles. The van der Waals surface area contributed by atoms with Crippen molar-refractivity contribution in [3.8, 4) is 16.9 Å². The van der Waals surface area contributed by atoms with Gasteiger partial charge in [0.2, 0.25) is 0 Å². The number of methoxy groups -OCH3 is 1. The zero-order chi connectivity index (χ0) is 16.5. The molecule has 0 unspecified atom stereocenters. The van der Waals surface area contributed by atoms with Crippen molar-refractivity contribution in [2.45, 2.75) is 13.3 Å². The SMILES string of the molecule is CCc1c(-c2ccccc2)c2ccccc2c2ccc(OC)cc12. The maximum Gasteiger partial charge on any atom is 0.119 e. The molecule has 0 aromatic heterocycles. The van der Waals surface area contributed by atoms with Crippen LogP contribution < -0.4 is 4.74 Å². The second-order valence-electron chi connectivity index (χ2n) is 6.03. The molecule has 0 atom stereocenters. The predicted molar refractivity (Wildman–Crippen MR) is 103 cm³/mol. The van der Waals surface area contributed by atoms with Crippen LogP contribution in [-0.2, 0) is 6.42 Å². The number of rotatable bonds is 3. The minimum absolute atomic E-state index is 0.909. The van der Waals surface area contributed by atoms with Gasteiger partial charge in [-0.25, -0.2) is 0 Å². The Balaban J connectivity index is 2.23. The molecule has 24 heavy (non-hydrogen) atoms. The summed E-state index contributed by atoms with van der Waals surface area (Å²) in [5.41, 5.74) is 4.00. The lowest BCUT2D eigenvalue weighted by Gasteiger charge is -2.17. The summed E-state index contributed by atoms with van der Waals surface area (Å²) in [7, 11) is 1.73. The molecule has 0 bridgehead atoms. The van der Waals surface area contributed by atoms with Gasteiger partial charge in [-0.05, 0) is 56.8 Å². The maximum atomic E-state index is 5.48. The molecule has 0 heterocycles. The second kappa shape index (κ2) is 6.01. The number of ether oxygens (including phenoxy) is 1. The zero-order valence-electron chi connectivity index (χ0n) is 14.0. The fraction of sp³-hybridized carbons (Fsp3) is 0.130. The Kier molecular flexibility index (Phi) is 3.70. The predicted octanol–water partition coefficient (Wildman–Crippen LogP) is 6.23. The molecule has 0 saturated heterocycles. The van der Waals surface area contributed by atoms with Gasteiger partial charge in [0.05, 0.1) is 7.11 Å². The quantitative estimate of drug-likeness (QED) is 0.407. The van der Waals surface area contributed by atoms with E-state index in [1.807, 2.05) is 0 Å². The molecule has 0 saturated carbocycles. The van der Waals surface area contributed by atoms with Gasteiger partial charge >= 0.3 is 0 Å². The fourth-order valence-corrected chi connectivity index (χ4v) is 3.67. The first-order chi connectivity index (χ1) is 11.8. The number of benzene rings is 4. The first-order valence-corrected chi connectivity index (χ1v) is 8.40. The third-order valence-corrected chi connectivity index (χ3v) is 4.76. The van der Waals surface area contributed by atoms with Crippen LogP contribution in [0.3, 0.4) is 0 Å². The third kappa shape index (κ3) is 2.25. The van der Waals surface area contributed by atoms with Crippen molar-refractivity contribution in [3.63, 3.8) is 0 Å². The molecule has 0 aliphatic carbocycles. The molecule has 0 N–H and O–H groups in total. The lowest BCUT2D eigenvalue weighted by atomic mass is 9.87. The van der Waals surface area contributed by atoms with Gasteiger partial charge in [-0.3, -0.25) is 0 Å². The van der Waals surface area contributed by atoms with E-state index in [1.54, 1.807) is 7.11 Å². The largest absolute Gasteiger partial charge is 0.497 e. The first kappa shape index (κ1) is 14.8. The van der Waals surface area contributed by atoms with Crippen molar-refractivity contribution in [2.75, 3.05) is 7.11 Å². The average molecular weight is 312 g/mol. The second-order valence-corrected chi connectivity index (χ2v) is 6.03. The number of hydrogen-bond acceptors (Lipinski definition) is 1. The van der Waals surface area contributed by atoms with Crippen LogP contribution in [0, 0.1) is 0 Å². The average Bonchev–Trinajstić information content (AvgIpc) is 2.67. The molecule has 4 rings (SSSR count). The number of fused-ring (bicyclic) bond motifs is 3. The highest BCUT2D eigenvalue weighted by Crippen LogP contribution is 2.40. The summed E-state index contributed by atoms with van der Waals surface area (Å²) in [5.74, 6) is 0.909. The molecule has 4 aromatic rings. The summed E-state index contributed by atoms with van der Waals surface area (Å²) < 4.78 is 5.48. The summed E-state index contributed by atoms with van der Waals surface area (Å²) in [6.45, 7) is 2.23. The van der Waals surface area contributed by atoms with Crippen LogP contribution in [0.15, 0.2) is 72.8 Å². The summed E-state index contributed by atoms with van der Waals surface area (Å²) in [5, 5.41) is 5.20. The minimum Gasteiger partial charge on any atom is -0.497 e. The van der Waals surface area contributed by atoms with Crippen LogP contribution in [0.1, 0.15) is 12.5 Å². The van der Waals surface area contributed by atoms with E-state index in [0.29, 0.717) is 0 Å². The zero-order valence-corrected chi connectivity index (χ0v) is 14.0.